The molecular formula is C6H12IN. The van der Waals surface area contributed by atoms with Crippen LogP contribution in [-0.2, 0) is 0 Å². The Labute approximate surface area is 64.4 Å². The summed E-state index contributed by atoms with van der Waals surface area (Å²) in [5.41, 5.74) is 0. The molecule has 0 amide bonds. The van der Waals surface area contributed by atoms with E-state index in [1.807, 2.05) is 0 Å². The van der Waals surface area contributed by atoms with Gasteiger partial charge in [-0.25, -0.2) is 0 Å². The molecule has 1 N–H and O–H groups in total. The van der Waals surface area contributed by atoms with E-state index in [1.165, 1.54) is 32.4 Å². The minimum absolute atomic E-state index is 0.933. The van der Waals surface area contributed by atoms with E-state index in [0.29, 0.717) is 0 Å². The van der Waals surface area contributed by atoms with Crippen molar-refractivity contribution >= 4 is 22.6 Å². The molecule has 48 valence electrons. The van der Waals surface area contributed by atoms with E-state index >= 15 is 0 Å². The van der Waals surface area contributed by atoms with Crippen molar-refractivity contribution in [2.24, 2.45) is 0 Å². The van der Waals surface area contributed by atoms with E-state index in [1.54, 1.807) is 0 Å². The Morgan fingerprint density at radius 2 is 2.12 bits per heavy atom. The summed E-state index contributed by atoms with van der Waals surface area (Å²) >= 11 is 2.54. The highest BCUT2D eigenvalue weighted by atomic mass is 127. The molecule has 0 bridgehead atoms. The van der Waals surface area contributed by atoms with Crippen molar-refractivity contribution in [3.8, 4) is 0 Å². The van der Waals surface area contributed by atoms with E-state index in [9.17, 15) is 0 Å². The first-order chi connectivity index (χ1) is 3.89. The van der Waals surface area contributed by atoms with E-state index in [4.69, 9.17) is 0 Å². The van der Waals surface area contributed by atoms with Gasteiger partial charge in [-0.1, -0.05) is 22.6 Å². The predicted molar refractivity (Wildman–Crippen MR) is 44.5 cm³/mol. The maximum atomic E-state index is 3.37. The van der Waals surface area contributed by atoms with Gasteiger partial charge in [-0.15, -0.1) is 0 Å². The lowest BCUT2D eigenvalue weighted by Crippen LogP contribution is -2.13. The van der Waals surface area contributed by atoms with Crippen molar-refractivity contribution in [3.05, 3.63) is 0 Å². The van der Waals surface area contributed by atoms with Gasteiger partial charge in [0.2, 0.25) is 0 Å². The number of hydrogen-bond donors (Lipinski definition) is 1. The van der Waals surface area contributed by atoms with Crippen LogP contribution in [0.2, 0.25) is 0 Å². The van der Waals surface area contributed by atoms with Crippen LogP contribution in [0.5, 0.6) is 0 Å². The van der Waals surface area contributed by atoms with Crippen molar-refractivity contribution in [3.63, 3.8) is 0 Å². The van der Waals surface area contributed by atoms with Crippen LogP contribution in [0.4, 0.5) is 0 Å². The van der Waals surface area contributed by atoms with Gasteiger partial charge in [0, 0.05) is 3.92 Å². The zero-order valence-electron chi connectivity index (χ0n) is 4.99. The summed E-state index contributed by atoms with van der Waals surface area (Å²) in [7, 11) is 0. The summed E-state index contributed by atoms with van der Waals surface area (Å²) in [4.78, 5) is 0. The number of rotatable bonds is 0. The lowest BCUT2D eigenvalue weighted by atomic mass is 10.2. The molecule has 1 saturated heterocycles. The molecule has 1 atom stereocenters. The Kier molecular flexibility index (Phi) is 3.12. The Bertz CT molecular complexity index is 57.5. The third-order valence-corrected chi connectivity index (χ3v) is 2.75. The zero-order valence-corrected chi connectivity index (χ0v) is 7.15. The molecule has 0 aromatic heterocycles. The molecule has 0 saturated carbocycles. The molecule has 0 aromatic carbocycles. The Morgan fingerprint density at radius 3 is 3.00 bits per heavy atom. The summed E-state index contributed by atoms with van der Waals surface area (Å²) in [5, 5.41) is 3.37. The fourth-order valence-electron chi connectivity index (χ4n) is 0.977. The molecule has 1 aliphatic rings. The molecule has 1 aliphatic heterocycles. The largest absolute Gasteiger partial charge is 0.317 e. The number of halogens is 1. The van der Waals surface area contributed by atoms with Crippen LogP contribution in [0.3, 0.4) is 0 Å². The van der Waals surface area contributed by atoms with Gasteiger partial charge in [0.1, 0.15) is 0 Å². The number of hydrogen-bond acceptors (Lipinski definition) is 1. The molecule has 1 rings (SSSR count). The first kappa shape index (κ1) is 6.81. The summed E-state index contributed by atoms with van der Waals surface area (Å²) in [6.07, 6.45) is 4.14. The lowest BCUT2D eigenvalue weighted by Gasteiger charge is -2.00. The average molecular weight is 225 g/mol. The summed E-state index contributed by atoms with van der Waals surface area (Å²) in [6, 6.07) is 0. The normalized spacial score (nSPS) is 31.9. The average Bonchev–Trinajstić information content (AvgIpc) is 1.94. The van der Waals surface area contributed by atoms with Crippen LogP contribution in [0.15, 0.2) is 0 Å². The highest BCUT2D eigenvalue weighted by Gasteiger charge is 2.05. The highest BCUT2D eigenvalue weighted by molar-refractivity contribution is 14.1. The maximum absolute atomic E-state index is 3.37. The fourth-order valence-corrected chi connectivity index (χ4v) is 1.73. The Balaban J connectivity index is 2.17. The second kappa shape index (κ2) is 3.67. The fraction of sp³-hybridized carbons (Fsp3) is 1.00. The Morgan fingerprint density at radius 1 is 1.25 bits per heavy atom. The molecule has 1 heterocycles. The molecule has 0 aliphatic carbocycles. The van der Waals surface area contributed by atoms with Crippen molar-refractivity contribution in [1.29, 1.82) is 0 Å². The Hall–Kier alpha value is 0.690. The molecular weight excluding hydrogens is 213 g/mol. The summed E-state index contributed by atoms with van der Waals surface area (Å²) < 4.78 is 0.933. The quantitative estimate of drug-likeness (QED) is 0.487. The molecule has 0 radical (unpaired) electrons. The second-order valence-corrected chi connectivity index (χ2v) is 4.04. The van der Waals surface area contributed by atoms with Crippen molar-refractivity contribution in [1.82, 2.24) is 5.32 Å². The van der Waals surface area contributed by atoms with Crippen molar-refractivity contribution in [2.75, 3.05) is 13.1 Å². The second-order valence-electron chi connectivity index (χ2n) is 2.28. The smallest absolute Gasteiger partial charge is 0.0122 e. The number of nitrogens with one attached hydrogen (secondary N) is 1. The van der Waals surface area contributed by atoms with Crippen LogP contribution in [-0.4, -0.2) is 17.0 Å². The van der Waals surface area contributed by atoms with Gasteiger partial charge in [-0.3, -0.25) is 0 Å². The van der Waals surface area contributed by atoms with Gasteiger partial charge < -0.3 is 5.32 Å². The first-order valence-corrected chi connectivity index (χ1v) is 4.49. The van der Waals surface area contributed by atoms with Crippen LogP contribution >= 0.6 is 22.6 Å². The molecule has 0 unspecified atom stereocenters. The van der Waals surface area contributed by atoms with Crippen LogP contribution in [0.1, 0.15) is 19.3 Å². The first-order valence-electron chi connectivity index (χ1n) is 3.24. The number of alkyl halides is 1. The standard InChI is InChI=1S/C6H12IN/c7-6-2-1-4-8-5-3-6/h6,8H,1-5H2/t6-/m0/s1. The predicted octanol–water partition coefficient (Wildman–Crippen LogP) is 1.56. The van der Waals surface area contributed by atoms with E-state index in [2.05, 4.69) is 27.9 Å². The monoisotopic (exact) mass is 225 g/mol. The van der Waals surface area contributed by atoms with E-state index < -0.39 is 0 Å². The van der Waals surface area contributed by atoms with Crippen molar-refractivity contribution < 1.29 is 0 Å². The van der Waals surface area contributed by atoms with Gasteiger partial charge >= 0.3 is 0 Å². The van der Waals surface area contributed by atoms with E-state index in [0.717, 1.165) is 3.92 Å². The molecule has 2 heteroatoms. The van der Waals surface area contributed by atoms with Crippen LogP contribution in [0.25, 0.3) is 0 Å². The van der Waals surface area contributed by atoms with Gasteiger partial charge in [-0.2, -0.15) is 0 Å². The third-order valence-electron chi connectivity index (χ3n) is 1.51. The van der Waals surface area contributed by atoms with Gasteiger partial charge in [-0.05, 0) is 32.4 Å². The molecule has 1 nitrogen and oxygen atoms in total. The minimum Gasteiger partial charge on any atom is -0.317 e. The minimum atomic E-state index is 0.933. The topological polar surface area (TPSA) is 12.0 Å². The molecule has 0 spiro atoms. The zero-order chi connectivity index (χ0) is 5.82. The van der Waals surface area contributed by atoms with Crippen LogP contribution in [0, 0.1) is 0 Å². The molecule has 8 heavy (non-hydrogen) atoms. The van der Waals surface area contributed by atoms with Crippen LogP contribution < -0.4 is 5.32 Å². The van der Waals surface area contributed by atoms with E-state index in [-0.39, 0.29) is 0 Å². The highest BCUT2D eigenvalue weighted by Crippen LogP contribution is 2.13. The molecule has 0 aromatic rings. The summed E-state index contributed by atoms with van der Waals surface area (Å²) in [6.45, 7) is 2.47. The van der Waals surface area contributed by atoms with Crippen molar-refractivity contribution in [2.45, 2.75) is 23.2 Å². The van der Waals surface area contributed by atoms with Gasteiger partial charge in [0.05, 0.1) is 0 Å². The van der Waals surface area contributed by atoms with Gasteiger partial charge in [0.25, 0.3) is 0 Å². The third kappa shape index (κ3) is 2.31. The van der Waals surface area contributed by atoms with Gasteiger partial charge in [0.15, 0.2) is 0 Å². The molecule has 1 fully saturated rings. The SMILES string of the molecule is I[C@H]1CCCNCC1. The summed E-state index contributed by atoms with van der Waals surface area (Å²) in [5.74, 6) is 0. The maximum Gasteiger partial charge on any atom is 0.0122 e. The lowest BCUT2D eigenvalue weighted by molar-refractivity contribution is 0.703.